The van der Waals surface area contributed by atoms with Gasteiger partial charge in [-0.15, -0.1) is 0 Å². The zero-order chi connectivity index (χ0) is 17.1. The normalized spacial score (nSPS) is 17.0. The molecule has 0 saturated heterocycles. The predicted octanol–water partition coefficient (Wildman–Crippen LogP) is 1.69. The molecule has 8 heteroatoms. The first kappa shape index (κ1) is 15.9. The van der Waals surface area contributed by atoms with Crippen LogP contribution in [0, 0.1) is 6.92 Å². The maximum atomic E-state index is 12.1. The number of amides is 1. The second-order valence-electron chi connectivity index (χ2n) is 5.26. The van der Waals surface area contributed by atoms with Crippen molar-refractivity contribution in [3.63, 3.8) is 0 Å². The molecule has 2 heterocycles. The van der Waals surface area contributed by atoms with E-state index in [9.17, 15) is 9.59 Å². The SMILES string of the molecule is Cc1cc(NC(=O)[C@@H](C)OC(=O)[C@@H]2COc3ccccc3O2)no1. The highest BCUT2D eigenvalue weighted by Gasteiger charge is 2.31. The molecular formula is C16H16N2O6. The Hall–Kier alpha value is -3.03. The molecule has 1 amide bonds. The lowest BCUT2D eigenvalue weighted by molar-refractivity contribution is -0.162. The zero-order valence-corrected chi connectivity index (χ0v) is 13.1. The first-order valence-electron chi connectivity index (χ1n) is 7.36. The van der Waals surface area contributed by atoms with Crippen molar-refractivity contribution < 1.29 is 28.3 Å². The highest BCUT2D eigenvalue weighted by Crippen LogP contribution is 2.31. The van der Waals surface area contributed by atoms with Crippen LogP contribution in [-0.4, -0.2) is 35.8 Å². The summed E-state index contributed by atoms with van der Waals surface area (Å²) in [7, 11) is 0. The summed E-state index contributed by atoms with van der Waals surface area (Å²) < 4.78 is 21.0. The van der Waals surface area contributed by atoms with Crippen LogP contribution < -0.4 is 14.8 Å². The van der Waals surface area contributed by atoms with Gasteiger partial charge in [-0.25, -0.2) is 4.79 Å². The van der Waals surface area contributed by atoms with Gasteiger partial charge in [0.25, 0.3) is 5.91 Å². The number of esters is 1. The van der Waals surface area contributed by atoms with E-state index in [1.54, 1.807) is 37.3 Å². The number of aryl methyl sites for hydroxylation is 1. The molecule has 3 rings (SSSR count). The van der Waals surface area contributed by atoms with E-state index >= 15 is 0 Å². The van der Waals surface area contributed by atoms with Gasteiger partial charge < -0.3 is 24.1 Å². The fraction of sp³-hybridized carbons (Fsp3) is 0.312. The van der Waals surface area contributed by atoms with Crippen LogP contribution >= 0.6 is 0 Å². The number of rotatable bonds is 4. The predicted molar refractivity (Wildman–Crippen MR) is 81.8 cm³/mol. The van der Waals surface area contributed by atoms with Crippen molar-refractivity contribution in [1.29, 1.82) is 0 Å². The maximum absolute atomic E-state index is 12.1. The Morgan fingerprint density at radius 3 is 2.79 bits per heavy atom. The van der Waals surface area contributed by atoms with E-state index in [1.807, 2.05) is 0 Å². The molecule has 2 aromatic rings. The summed E-state index contributed by atoms with van der Waals surface area (Å²) in [6.07, 6.45) is -1.94. The Morgan fingerprint density at radius 1 is 1.33 bits per heavy atom. The number of anilines is 1. The van der Waals surface area contributed by atoms with Crippen molar-refractivity contribution in [1.82, 2.24) is 5.16 Å². The molecule has 1 aliphatic rings. The van der Waals surface area contributed by atoms with Crippen molar-refractivity contribution in [2.24, 2.45) is 0 Å². The van der Waals surface area contributed by atoms with Gasteiger partial charge in [-0.2, -0.15) is 0 Å². The summed E-state index contributed by atoms with van der Waals surface area (Å²) >= 11 is 0. The van der Waals surface area contributed by atoms with Crippen molar-refractivity contribution in [3.8, 4) is 11.5 Å². The molecule has 1 aromatic carbocycles. The number of carbonyl (C=O) groups is 2. The van der Waals surface area contributed by atoms with Crippen LogP contribution in [0.1, 0.15) is 12.7 Å². The van der Waals surface area contributed by atoms with E-state index < -0.39 is 24.1 Å². The Bertz CT molecular complexity index is 757. The van der Waals surface area contributed by atoms with E-state index in [1.165, 1.54) is 6.92 Å². The number of benzene rings is 1. The monoisotopic (exact) mass is 332 g/mol. The van der Waals surface area contributed by atoms with Crippen molar-refractivity contribution in [2.45, 2.75) is 26.1 Å². The van der Waals surface area contributed by atoms with E-state index in [0.29, 0.717) is 17.3 Å². The highest BCUT2D eigenvalue weighted by atomic mass is 16.6. The molecule has 8 nitrogen and oxygen atoms in total. The van der Waals surface area contributed by atoms with Gasteiger partial charge in [-0.05, 0) is 26.0 Å². The summed E-state index contributed by atoms with van der Waals surface area (Å²) in [5, 5.41) is 6.13. The van der Waals surface area contributed by atoms with Crippen LogP contribution in [-0.2, 0) is 14.3 Å². The second kappa shape index (κ2) is 6.61. The number of para-hydroxylation sites is 2. The fourth-order valence-corrected chi connectivity index (χ4v) is 2.09. The molecule has 24 heavy (non-hydrogen) atoms. The van der Waals surface area contributed by atoms with Crippen molar-refractivity contribution in [2.75, 3.05) is 11.9 Å². The van der Waals surface area contributed by atoms with Gasteiger partial charge >= 0.3 is 5.97 Å². The zero-order valence-electron chi connectivity index (χ0n) is 13.1. The van der Waals surface area contributed by atoms with Crippen molar-refractivity contribution in [3.05, 3.63) is 36.1 Å². The third-order valence-electron chi connectivity index (χ3n) is 3.31. The number of carbonyl (C=O) groups excluding carboxylic acids is 2. The Morgan fingerprint density at radius 2 is 2.08 bits per heavy atom. The molecule has 0 bridgehead atoms. The molecule has 1 aromatic heterocycles. The van der Waals surface area contributed by atoms with Crippen LogP contribution in [0.4, 0.5) is 5.82 Å². The Kier molecular flexibility index (Phi) is 4.37. The number of hydrogen-bond donors (Lipinski definition) is 1. The molecule has 2 atom stereocenters. The summed E-state index contributed by atoms with van der Waals surface area (Å²) in [4.78, 5) is 24.1. The standard InChI is InChI=1S/C16H16N2O6/c1-9-7-14(18-24-9)17-15(19)10(2)22-16(20)13-8-21-11-5-3-4-6-12(11)23-13/h3-7,10,13H,8H2,1-2H3,(H,17,18,19)/t10-,13+/m1/s1. The molecular weight excluding hydrogens is 316 g/mol. The minimum atomic E-state index is -1.02. The Balaban J connectivity index is 1.55. The molecule has 1 N–H and O–H groups in total. The topological polar surface area (TPSA) is 99.9 Å². The molecule has 0 saturated carbocycles. The quantitative estimate of drug-likeness (QED) is 0.850. The first-order valence-corrected chi connectivity index (χ1v) is 7.36. The number of nitrogens with zero attached hydrogens (tertiary/aromatic N) is 1. The molecule has 0 fully saturated rings. The molecule has 0 unspecified atom stereocenters. The second-order valence-corrected chi connectivity index (χ2v) is 5.26. The Labute approximate surface area is 137 Å². The number of hydrogen-bond acceptors (Lipinski definition) is 7. The lowest BCUT2D eigenvalue weighted by Gasteiger charge is -2.25. The van der Waals surface area contributed by atoms with Gasteiger partial charge in [0.1, 0.15) is 12.4 Å². The van der Waals surface area contributed by atoms with Crippen LogP contribution in [0.3, 0.4) is 0 Å². The largest absolute Gasteiger partial charge is 0.485 e. The van der Waals surface area contributed by atoms with E-state index in [4.69, 9.17) is 18.7 Å². The lowest BCUT2D eigenvalue weighted by atomic mass is 10.2. The van der Waals surface area contributed by atoms with Gasteiger partial charge in [0.15, 0.2) is 23.4 Å². The molecule has 126 valence electrons. The molecule has 0 aliphatic carbocycles. The fourth-order valence-electron chi connectivity index (χ4n) is 2.09. The summed E-state index contributed by atoms with van der Waals surface area (Å²) in [5.41, 5.74) is 0. The first-order chi connectivity index (χ1) is 11.5. The number of ether oxygens (including phenoxy) is 3. The van der Waals surface area contributed by atoms with Crippen LogP contribution in [0.5, 0.6) is 11.5 Å². The highest BCUT2D eigenvalue weighted by molar-refractivity contribution is 5.94. The van der Waals surface area contributed by atoms with Gasteiger partial charge in [0, 0.05) is 6.07 Å². The van der Waals surface area contributed by atoms with Gasteiger partial charge in [-0.3, -0.25) is 4.79 Å². The smallest absolute Gasteiger partial charge is 0.351 e. The van der Waals surface area contributed by atoms with Crippen molar-refractivity contribution >= 4 is 17.7 Å². The van der Waals surface area contributed by atoms with E-state index in [0.717, 1.165) is 0 Å². The minimum Gasteiger partial charge on any atom is -0.485 e. The average molecular weight is 332 g/mol. The van der Waals surface area contributed by atoms with Gasteiger partial charge in [0.2, 0.25) is 6.10 Å². The molecule has 1 aliphatic heterocycles. The molecule has 0 spiro atoms. The molecule has 0 radical (unpaired) electrons. The third-order valence-corrected chi connectivity index (χ3v) is 3.31. The summed E-state index contributed by atoms with van der Waals surface area (Å²) in [5.74, 6) is 0.639. The average Bonchev–Trinajstić information content (AvgIpc) is 2.99. The maximum Gasteiger partial charge on any atom is 0.351 e. The number of fused-ring (bicyclic) bond motifs is 1. The van der Waals surface area contributed by atoms with Crippen LogP contribution in [0.2, 0.25) is 0 Å². The van der Waals surface area contributed by atoms with Crippen LogP contribution in [0.25, 0.3) is 0 Å². The minimum absolute atomic E-state index is 0.0205. The number of nitrogens with one attached hydrogen (secondary N) is 1. The van der Waals surface area contributed by atoms with Gasteiger partial charge in [-0.1, -0.05) is 17.3 Å². The summed E-state index contributed by atoms with van der Waals surface area (Å²) in [6, 6.07) is 8.57. The number of aromatic nitrogens is 1. The van der Waals surface area contributed by atoms with Crippen LogP contribution in [0.15, 0.2) is 34.9 Å². The van der Waals surface area contributed by atoms with Gasteiger partial charge in [0.05, 0.1) is 0 Å². The lowest BCUT2D eigenvalue weighted by Crippen LogP contribution is -2.41. The van der Waals surface area contributed by atoms with E-state index in [-0.39, 0.29) is 12.4 Å². The third kappa shape index (κ3) is 3.48. The summed E-state index contributed by atoms with van der Waals surface area (Å²) in [6.45, 7) is 3.18. The van der Waals surface area contributed by atoms with E-state index in [2.05, 4.69) is 10.5 Å².